The summed E-state index contributed by atoms with van der Waals surface area (Å²) >= 11 is 0. The highest BCUT2D eigenvalue weighted by Gasteiger charge is 2.22. The van der Waals surface area contributed by atoms with Crippen LogP contribution in [0.5, 0.6) is 0 Å². The summed E-state index contributed by atoms with van der Waals surface area (Å²) < 4.78 is 5.05. The number of nitrogens with zero attached hydrogens (tertiary/aromatic N) is 1. The summed E-state index contributed by atoms with van der Waals surface area (Å²) in [5, 5.41) is 14.9. The summed E-state index contributed by atoms with van der Waals surface area (Å²) in [6.07, 6.45) is 0.540. The van der Waals surface area contributed by atoms with Crippen molar-refractivity contribution in [1.29, 1.82) is 0 Å². The van der Waals surface area contributed by atoms with E-state index in [0.29, 0.717) is 5.76 Å². The van der Waals surface area contributed by atoms with Crippen LogP contribution >= 0.6 is 0 Å². The molecular formula is C13H14N2O3. The van der Waals surface area contributed by atoms with Gasteiger partial charge >= 0.3 is 6.09 Å². The average Bonchev–Trinajstić information content (AvgIpc) is 2.81. The number of carbonyl (C=O) groups is 1. The Kier molecular flexibility index (Phi) is 3.06. The van der Waals surface area contributed by atoms with Crippen molar-refractivity contribution in [1.82, 2.24) is 10.5 Å². The van der Waals surface area contributed by atoms with Crippen molar-refractivity contribution < 1.29 is 14.4 Å². The van der Waals surface area contributed by atoms with Crippen molar-refractivity contribution in [2.24, 2.45) is 0 Å². The third-order valence-corrected chi connectivity index (χ3v) is 2.75. The van der Waals surface area contributed by atoms with Crippen molar-refractivity contribution in [3.63, 3.8) is 0 Å². The molecule has 0 atom stereocenters. The predicted octanol–water partition coefficient (Wildman–Crippen LogP) is 2.84. The lowest BCUT2D eigenvalue weighted by Gasteiger charge is -2.25. The first kappa shape index (κ1) is 12.2. The molecule has 0 unspecified atom stereocenters. The Morgan fingerprint density at radius 2 is 1.94 bits per heavy atom. The summed E-state index contributed by atoms with van der Waals surface area (Å²) in [7, 11) is 0. The van der Waals surface area contributed by atoms with Crippen LogP contribution in [0.4, 0.5) is 4.79 Å². The minimum absolute atomic E-state index is 0.633. The summed E-state index contributed by atoms with van der Waals surface area (Å²) in [6, 6.07) is 9.26. The molecule has 1 amide bonds. The highest BCUT2D eigenvalue weighted by Crippen LogP contribution is 2.24. The van der Waals surface area contributed by atoms with Gasteiger partial charge in [-0.3, -0.25) is 0 Å². The van der Waals surface area contributed by atoms with Gasteiger partial charge < -0.3 is 14.9 Å². The van der Waals surface area contributed by atoms with Crippen molar-refractivity contribution in [3.8, 4) is 11.3 Å². The van der Waals surface area contributed by atoms with Gasteiger partial charge in [0.15, 0.2) is 5.76 Å². The van der Waals surface area contributed by atoms with Gasteiger partial charge in [-0.25, -0.2) is 4.79 Å². The second kappa shape index (κ2) is 4.52. The number of nitrogens with one attached hydrogen (secondary N) is 1. The van der Waals surface area contributed by atoms with E-state index in [0.717, 1.165) is 11.1 Å². The molecule has 1 aromatic carbocycles. The summed E-state index contributed by atoms with van der Waals surface area (Å²) in [5.41, 5.74) is 1.15. The molecule has 0 bridgehead atoms. The molecule has 0 spiro atoms. The Labute approximate surface area is 104 Å². The van der Waals surface area contributed by atoms with E-state index in [4.69, 9.17) is 9.63 Å². The van der Waals surface area contributed by atoms with E-state index in [9.17, 15) is 4.79 Å². The number of hydrogen-bond donors (Lipinski definition) is 2. The summed E-state index contributed by atoms with van der Waals surface area (Å²) in [6.45, 7) is 3.62. The fraction of sp³-hybridized carbons (Fsp3) is 0.231. The predicted molar refractivity (Wildman–Crippen MR) is 66.1 cm³/mol. The van der Waals surface area contributed by atoms with Crippen LogP contribution in [0.2, 0.25) is 0 Å². The van der Waals surface area contributed by atoms with Crippen LogP contribution in [-0.4, -0.2) is 16.4 Å². The van der Waals surface area contributed by atoms with E-state index in [1.165, 1.54) is 0 Å². The Balaban J connectivity index is 2.25. The fourth-order valence-corrected chi connectivity index (χ4v) is 1.76. The summed E-state index contributed by atoms with van der Waals surface area (Å²) in [5.74, 6) is 0.686. The number of benzene rings is 1. The lowest BCUT2D eigenvalue weighted by molar-refractivity contribution is 0.182. The van der Waals surface area contributed by atoms with Crippen molar-refractivity contribution >= 4 is 6.09 Å². The molecule has 0 aliphatic carbocycles. The largest absolute Gasteiger partial charge is 0.465 e. The van der Waals surface area contributed by atoms with Gasteiger partial charge in [-0.05, 0) is 19.4 Å². The summed E-state index contributed by atoms with van der Waals surface area (Å²) in [4.78, 5) is 10.7. The van der Waals surface area contributed by atoms with Gasteiger partial charge in [0.2, 0.25) is 0 Å². The second-order valence-corrected chi connectivity index (χ2v) is 4.51. The number of carboxylic acid groups (broad SMARTS) is 1. The first-order chi connectivity index (χ1) is 8.49. The number of hydrogen-bond acceptors (Lipinski definition) is 3. The first-order valence-electron chi connectivity index (χ1n) is 5.52. The van der Waals surface area contributed by atoms with E-state index in [2.05, 4.69) is 10.5 Å². The van der Waals surface area contributed by atoms with Gasteiger partial charge in [-0.1, -0.05) is 29.4 Å². The Morgan fingerprint density at radius 3 is 2.44 bits per heavy atom. The zero-order valence-corrected chi connectivity index (χ0v) is 10.2. The van der Waals surface area contributed by atoms with Crippen molar-refractivity contribution in [3.05, 3.63) is 42.1 Å². The maximum absolute atomic E-state index is 10.7. The molecule has 5 heteroatoms. The lowest BCUT2D eigenvalue weighted by atomic mass is 9.93. The molecule has 94 valence electrons. The van der Waals surface area contributed by atoms with Crippen LogP contribution in [0.25, 0.3) is 11.3 Å². The van der Waals surface area contributed by atoms with Gasteiger partial charge in [0.25, 0.3) is 0 Å². The zero-order valence-electron chi connectivity index (χ0n) is 10.2. The van der Waals surface area contributed by atoms with Crippen LogP contribution in [0.15, 0.2) is 41.1 Å². The third-order valence-electron chi connectivity index (χ3n) is 2.75. The molecular weight excluding hydrogens is 232 g/mol. The fourth-order valence-electron chi connectivity index (χ4n) is 1.76. The van der Waals surface area contributed by atoms with Gasteiger partial charge in [0.05, 0.1) is 11.7 Å². The van der Waals surface area contributed by atoms with Crippen LogP contribution in [0.1, 0.15) is 19.4 Å². The van der Waals surface area contributed by atoms with E-state index in [1.54, 1.807) is 12.3 Å². The minimum Gasteiger partial charge on any atom is -0.465 e. The van der Waals surface area contributed by atoms with Gasteiger partial charge in [0, 0.05) is 11.6 Å². The number of aromatic nitrogens is 1. The van der Waals surface area contributed by atoms with E-state index >= 15 is 0 Å². The van der Waals surface area contributed by atoms with Gasteiger partial charge in [-0.15, -0.1) is 0 Å². The maximum atomic E-state index is 10.7. The standard InChI is InChI=1S/C13H14N2O3/c1-13(2,15-12(16)17)10-5-3-9(4-6-10)11-7-8-14-18-11/h3-8,15H,1-2H3,(H,16,17). The molecule has 2 rings (SSSR count). The molecule has 1 heterocycles. The molecule has 18 heavy (non-hydrogen) atoms. The quantitative estimate of drug-likeness (QED) is 0.873. The molecule has 0 fully saturated rings. The van der Waals surface area contributed by atoms with Crippen molar-refractivity contribution in [2.75, 3.05) is 0 Å². The zero-order chi connectivity index (χ0) is 13.2. The molecule has 0 aliphatic rings. The normalized spacial score (nSPS) is 11.2. The highest BCUT2D eigenvalue weighted by molar-refractivity contribution is 5.66. The first-order valence-corrected chi connectivity index (χ1v) is 5.52. The SMILES string of the molecule is CC(C)(NC(=O)O)c1ccc(-c2ccno2)cc1. The topological polar surface area (TPSA) is 75.4 Å². The number of rotatable bonds is 3. The van der Waals surface area contributed by atoms with E-state index < -0.39 is 11.6 Å². The minimum atomic E-state index is -1.04. The monoisotopic (exact) mass is 246 g/mol. The maximum Gasteiger partial charge on any atom is 0.405 e. The molecule has 1 aromatic heterocycles. The van der Waals surface area contributed by atoms with Crippen LogP contribution in [0, 0.1) is 0 Å². The van der Waals surface area contributed by atoms with Crippen molar-refractivity contribution in [2.45, 2.75) is 19.4 Å². The number of amides is 1. The molecule has 0 saturated carbocycles. The molecule has 2 N–H and O–H groups in total. The Hall–Kier alpha value is -2.30. The van der Waals surface area contributed by atoms with E-state index in [-0.39, 0.29) is 0 Å². The smallest absolute Gasteiger partial charge is 0.405 e. The molecule has 5 nitrogen and oxygen atoms in total. The molecule has 0 radical (unpaired) electrons. The lowest BCUT2D eigenvalue weighted by Crippen LogP contribution is -2.39. The van der Waals surface area contributed by atoms with Crippen LogP contribution in [-0.2, 0) is 5.54 Å². The highest BCUT2D eigenvalue weighted by atomic mass is 16.5. The van der Waals surface area contributed by atoms with Gasteiger partial charge in [-0.2, -0.15) is 0 Å². The third kappa shape index (κ3) is 2.51. The Morgan fingerprint density at radius 1 is 1.28 bits per heavy atom. The molecule has 0 saturated heterocycles. The average molecular weight is 246 g/mol. The van der Waals surface area contributed by atoms with Crippen LogP contribution in [0.3, 0.4) is 0 Å². The Bertz CT molecular complexity index is 530. The van der Waals surface area contributed by atoms with Gasteiger partial charge in [0.1, 0.15) is 0 Å². The van der Waals surface area contributed by atoms with Crippen LogP contribution < -0.4 is 5.32 Å². The van der Waals surface area contributed by atoms with E-state index in [1.807, 2.05) is 38.1 Å². The second-order valence-electron chi connectivity index (χ2n) is 4.51. The molecule has 0 aliphatic heterocycles. The molecule has 2 aromatic rings.